The van der Waals surface area contributed by atoms with Crippen LogP contribution in [0.25, 0.3) is 0 Å². The first-order chi connectivity index (χ1) is 13.0. The Kier molecular flexibility index (Phi) is 6.64. The number of methoxy groups -OCH3 is 1. The van der Waals surface area contributed by atoms with E-state index in [-0.39, 0.29) is 11.9 Å². The molecule has 1 N–H and O–H groups in total. The van der Waals surface area contributed by atoms with Crippen LogP contribution in [0.1, 0.15) is 40.0 Å². The van der Waals surface area contributed by atoms with Gasteiger partial charge in [0.25, 0.3) is 0 Å². The third kappa shape index (κ3) is 4.75. The van der Waals surface area contributed by atoms with Gasteiger partial charge in [0.05, 0.1) is 13.2 Å². The van der Waals surface area contributed by atoms with Crippen LogP contribution in [0.4, 0.5) is 5.69 Å². The number of rotatable bonds is 5. The van der Waals surface area contributed by atoms with Gasteiger partial charge in [-0.2, -0.15) is 0 Å². The molecule has 0 radical (unpaired) electrons. The molecule has 1 aliphatic carbocycles. The van der Waals surface area contributed by atoms with Gasteiger partial charge in [0.15, 0.2) is 0 Å². The van der Waals surface area contributed by atoms with E-state index in [1.54, 1.807) is 7.11 Å². The second-order valence-corrected chi connectivity index (χ2v) is 8.28. The lowest BCUT2D eigenvalue weighted by Crippen LogP contribution is -2.56. The van der Waals surface area contributed by atoms with Crippen molar-refractivity contribution in [2.75, 3.05) is 38.2 Å². The second kappa shape index (κ2) is 8.96. The van der Waals surface area contributed by atoms with Gasteiger partial charge >= 0.3 is 0 Å². The summed E-state index contributed by atoms with van der Waals surface area (Å²) in [7, 11) is 1.70. The van der Waals surface area contributed by atoms with Crippen molar-refractivity contribution >= 4 is 11.6 Å². The van der Waals surface area contributed by atoms with Gasteiger partial charge in [0, 0.05) is 44.0 Å². The molecule has 0 spiro atoms. The Morgan fingerprint density at radius 3 is 2.63 bits per heavy atom. The molecule has 150 valence electrons. The number of hydrogen-bond donors (Lipinski definition) is 1. The highest BCUT2D eigenvalue weighted by atomic mass is 16.5. The third-order valence-corrected chi connectivity index (χ3v) is 6.69. The molecular weight excluding hydrogens is 338 g/mol. The minimum absolute atomic E-state index is 0.0677. The topological polar surface area (TPSA) is 44.8 Å². The van der Waals surface area contributed by atoms with Gasteiger partial charge in [0.2, 0.25) is 5.91 Å². The normalized spacial score (nSPS) is 27.9. The average Bonchev–Trinajstić information content (AvgIpc) is 2.71. The molecule has 1 saturated heterocycles. The summed E-state index contributed by atoms with van der Waals surface area (Å²) in [6.07, 6.45) is 3.63. The first-order valence-corrected chi connectivity index (χ1v) is 10.4. The van der Waals surface area contributed by atoms with E-state index in [0.717, 1.165) is 38.3 Å². The average molecular weight is 374 g/mol. The van der Waals surface area contributed by atoms with E-state index in [4.69, 9.17) is 4.74 Å². The minimum Gasteiger partial charge on any atom is -0.497 e. The molecule has 1 amide bonds. The number of nitrogens with zero attached hydrogens (tertiary/aromatic N) is 2. The summed E-state index contributed by atoms with van der Waals surface area (Å²) in [6.45, 7) is 10.3. The van der Waals surface area contributed by atoms with Crippen molar-refractivity contribution in [3.63, 3.8) is 0 Å². The molecule has 1 aliphatic heterocycles. The molecule has 1 heterocycles. The van der Waals surface area contributed by atoms with Crippen LogP contribution in [-0.4, -0.2) is 56.2 Å². The third-order valence-electron chi connectivity index (χ3n) is 6.69. The van der Waals surface area contributed by atoms with Crippen molar-refractivity contribution in [1.29, 1.82) is 0 Å². The number of ether oxygens (including phenoxy) is 1. The van der Waals surface area contributed by atoms with E-state index in [0.29, 0.717) is 17.9 Å². The molecule has 2 fully saturated rings. The molecule has 4 atom stereocenters. The summed E-state index contributed by atoms with van der Waals surface area (Å²) in [5.74, 6) is 2.35. The fourth-order valence-electron chi connectivity index (χ4n) is 4.43. The van der Waals surface area contributed by atoms with Crippen LogP contribution in [0.2, 0.25) is 0 Å². The molecular formula is C22H35N3O2. The highest BCUT2D eigenvalue weighted by molar-refractivity contribution is 5.81. The van der Waals surface area contributed by atoms with Gasteiger partial charge < -0.3 is 15.0 Å². The zero-order chi connectivity index (χ0) is 19.4. The highest BCUT2D eigenvalue weighted by Crippen LogP contribution is 2.29. The van der Waals surface area contributed by atoms with Crippen molar-refractivity contribution in [1.82, 2.24) is 10.2 Å². The van der Waals surface area contributed by atoms with Crippen LogP contribution in [0, 0.1) is 11.8 Å². The summed E-state index contributed by atoms with van der Waals surface area (Å²) in [5, 5.41) is 3.34. The molecule has 1 saturated carbocycles. The summed E-state index contributed by atoms with van der Waals surface area (Å²) in [4.78, 5) is 17.5. The minimum atomic E-state index is -0.0677. The zero-order valence-corrected chi connectivity index (χ0v) is 17.3. The molecule has 1 aromatic carbocycles. The molecule has 5 nitrogen and oxygen atoms in total. The van der Waals surface area contributed by atoms with Crippen molar-refractivity contribution in [3.05, 3.63) is 24.3 Å². The first-order valence-electron chi connectivity index (χ1n) is 10.4. The summed E-state index contributed by atoms with van der Waals surface area (Å²) >= 11 is 0. The maximum atomic E-state index is 12.8. The van der Waals surface area contributed by atoms with Gasteiger partial charge in [-0.15, -0.1) is 0 Å². The Hall–Kier alpha value is -1.75. The van der Waals surface area contributed by atoms with E-state index in [9.17, 15) is 4.79 Å². The zero-order valence-electron chi connectivity index (χ0n) is 17.3. The van der Waals surface area contributed by atoms with Crippen LogP contribution in [0.3, 0.4) is 0 Å². The van der Waals surface area contributed by atoms with E-state index < -0.39 is 0 Å². The maximum Gasteiger partial charge on any atom is 0.237 e. The van der Waals surface area contributed by atoms with E-state index in [1.807, 2.05) is 19.1 Å². The van der Waals surface area contributed by atoms with Gasteiger partial charge in [-0.1, -0.05) is 32.8 Å². The Morgan fingerprint density at radius 1 is 1.19 bits per heavy atom. The number of piperazine rings is 1. The molecule has 0 aromatic heterocycles. The number of anilines is 1. The monoisotopic (exact) mass is 373 g/mol. The predicted molar refractivity (Wildman–Crippen MR) is 110 cm³/mol. The number of amides is 1. The molecule has 5 heteroatoms. The number of carbonyl (C=O) groups excluding carboxylic acids is 1. The van der Waals surface area contributed by atoms with Crippen LogP contribution < -0.4 is 15.0 Å². The second-order valence-electron chi connectivity index (χ2n) is 8.28. The van der Waals surface area contributed by atoms with E-state index in [2.05, 4.69) is 41.1 Å². The summed E-state index contributed by atoms with van der Waals surface area (Å²) in [5.41, 5.74) is 1.19. The van der Waals surface area contributed by atoms with E-state index in [1.165, 1.54) is 18.5 Å². The smallest absolute Gasteiger partial charge is 0.237 e. The van der Waals surface area contributed by atoms with Gasteiger partial charge in [-0.05, 0) is 37.3 Å². The van der Waals surface area contributed by atoms with Crippen LogP contribution in [-0.2, 0) is 4.79 Å². The van der Waals surface area contributed by atoms with Crippen molar-refractivity contribution in [3.8, 4) is 5.75 Å². The van der Waals surface area contributed by atoms with Gasteiger partial charge in [-0.25, -0.2) is 0 Å². The Labute approximate surface area is 164 Å². The molecule has 3 rings (SSSR count). The summed E-state index contributed by atoms with van der Waals surface area (Å²) < 4.78 is 5.33. The quantitative estimate of drug-likeness (QED) is 0.861. The predicted octanol–water partition coefficient (Wildman–Crippen LogP) is 3.15. The summed E-state index contributed by atoms with van der Waals surface area (Å²) in [6, 6.07) is 8.48. The lowest BCUT2D eigenvalue weighted by molar-refractivity contribution is -0.127. The van der Waals surface area contributed by atoms with Gasteiger partial charge in [-0.3, -0.25) is 9.69 Å². The Morgan fingerprint density at radius 2 is 1.93 bits per heavy atom. The number of nitrogens with one attached hydrogen (secondary N) is 1. The Bertz CT molecular complexity index is 628. The lowest BCUT2D eigenvalue weighted by atomic mass is 9.78. The molecule has 0 unspecified atom stereocenters. The van der Waals surface area contributed by atoms with Crippen LogP contribution >= 0.6 is 0 Å². The SMILES string of the molecule is COc1cccc(N2CCN([C@H](C)C(=O)N[C@@H]3CCC[C@@H](C)[C@H]3C)CC2)c1. The van der Waals surface area contributed by atoms with Crippen molar-refractivity contribution in [2.24, 2.45) is 11.8 Å². The van der Waals surface area contributed by atoms with Crippen molar-refractivity contribution < 1.29 is 9.53 Å². The molecule has 0 bridgehead atoms. The molecule has 1 aromatic rings. The lowest BCUT2D eigenvalue weighted by Gasteiger charge is -2.40. The Balaban J connectivity index is 1.51. The van der Waals surface area contributed by atoms with Crippen LogP contribution in [0.5, 0.6) is 5.75 Å². The fourth-order valence-corrected chi connectivity index (χ4v) is 4.43. The first kappa shape index (κ1) is 20.0. The largest absolute Gasteiger partial charge is 0.497 e. The highest BCUT2D eigenvalue weighted by Gasteiger charge is 2.31. The van der Waals surface area contributed by atoms with Crippen molar-refractivity contribution in [2.45, 2.75) is 52.1 Å². The maximum absolute atomic E-state index is 12.8. The number of hydrogen-bond acceptors (Lipinski definition) is 4. The van der Waals surface area contributed by atoms with Crippen LogP contribution in [0.15, 0.2) is 24.3 Å². The fraction of sp³-hybridized carbons (Fsp3) is 0.682. The number of benzene rings is 1. The number of carbonyl (C=O) groups is 1. The van der Waals surface area contributed by atoms with E-state index >= 15 is 0 Å². The molecule has 27 heavy (non-hydrogen) atoms. The van der Waals surface area contributed by atoms with Gasteiger partial charge in [0.1, 0.15) is 5.75 Å². The standard InChI is InChI=1S/C22H35N3O2/c1-16-7-5-10-21(17(16)2)23-22(26)18(3)24-11-13-25(14-12-24)19-8-6-9-20(15-19)27-4/h6,8-9,15-18,21H,5,7,10-14H2,1-4H3,(H,23,26)/t16-,17-,18-,21-/m1/s1. The molecule has 2 aliphatic rings.